The first-order valence-corrected chi connectivity index (χ1v) is 25.7. The van der Waals surface area contributed by atoms with E-state index in [4.69, 9.17) is 46.4 Å². The summed E-state index contributed by atoms with van der Waals surface area (Å²) in [5, 5.41) is 57.0. The third-order valence-electron chi connectivity index (χ3n) is 13.0. The van der Waals surface area contributed by atoms with E-state index in [0.29, 0.717) is 54.2 Å². The maximum absolute atomic E-state index is 14.8. The molecule has 1 aliphatic carbocycles. The number of halogens is 4. The van der Waals surface area contributed by atoms with Gasteiger partial charge in [0.2, 0.25) is 0 Å². The van der Waals surface area contributed by atoms with E-state index in [2.05, 4.69) is 41.7 Å². The molecule has 11 rings (SSSR count). The highest BCUT2D eigenvalue weighted by Gasteiger charge is 2.28. The molecule has 14 nitrogen and oxygen atoms in total. The van der Waals surface area contributed by atoms with E-state index in [9.17, 15) is 29.4 Å². The highest BCUT2D eigenvalue weighted by molar-refractivity contribution is 6.35. The Morgan fingerprint density at radius 3 is 1.48 bits per heavy atom. The molecule has 0 saturated carbocycles. The summed E-state index contributed by atoms with van der Waals surface area (Å²) < 4.78 is 0. The van der Waals surface area contributed by atoms with E-state index in [-0.39, 0.29) is 55.0 Å². The summed E-state index contributed by atoms with van der Waals surface area (Å²) >= 11 is 25.3. The summed E-state index contributed by atoms with van der Waals surface area (Å²) in [5.41, 5.74) is 3.06. The minimum absolute atomic E-state index is 0.0651. The van der Waals surface area contributed by atoms with Gasteiger partial charge in [0, 0.05) is 54.6 Å². The number of hydrogen-bond donors (Lipinski definition) is 6. The van der Waals surface area contributed by atoms with Crippen molar-refractivity contribution in [2.24, 2.45) is 20.5 Å². The molecule has 0 bridgehead atoms. The number of anilines is 2. The summed E-state index contributed by atoms with van der Waals surface area (Å²) in [6.45, 7) is 0. The van der Waals surface area contributed by atoms with E-state index in [1.54, 1.807) is 121 Å². The molecule has 10 aromatic carbocycles. The largest absolute Gasteiger partial charge is 0.505 e. The van der Waals surface area contributed by atoms with Crippen LogP contribution in [0.2, 0.25) is 20.1 Å². The van der Waals surface area contributed by atoms with Crippen LogP contribution in [0.3, 0.4) is 0 Å². The smallest absolute Gasteiger partial charge is 0.259 e. The number of azo groups is 2. The third kappa shape index (κ3) is 10.7. The molecule has 0 aromatic heterocycles. The van der Waals surface area contributed by atoms with Gasteiger partial charge in [0.25, 0.3) is 23.6 Å². The highest BCUT2D eigenvalue weighted by Crippen LogP contribution is 2.44. The molecule has 0 saturated heterocycles. The number of nitrogens with one attached hydrogen (secondary N) is 4. The predicted octanol–water partition coefficient (Wildman–Crippen LogP) is 16.8. The summed E-state index contributed by atoms with van der Waals surface area (Å²) in [6.07, 6.45) is 1.70. The van der Waals surface area contributed by atoms with Crippen molar-refractivity contribution in [2.45, 2.75) is 6.04 Å². The van der Waals surface area contributed by atoms with Crippen LogP contribution in [-0.2, 0) is 0 Å². The standard InChI is InChI=1S/C61H38Cl4N8O6/c62-37-19-23-47(64)51(29-37)70-72-54-42-22-18-34(26-36(42)27-45(56(54)74)60(78)67-40-13-5-2-6-14-40)59(77)68-49-31-50(44-16-8-10-32-9-7-15-43(49)53(32)44)69-61(79)46-28-35-25-33(58(76)66-39-11-3-1-4-12-39)17-21-41(35)55(57(46)75)73-71-52-30-38(63)20-24-48(52)65/h1-31,49,74-75H,(H,66,76)(H,67,78)(H,68,77)(H,69,79). The van der Waals surface area contributed by atoms with Crippen molar-refractivity contribution >= 4 is 142 Å². The molecule has 0 heterocycles. The number of nitrogens with zero attached hydrogens (tertiary/aromatic N) is 4. The number of carbonyl (C=O) groups is 4. The molecule has 18 heteroatoms. The Kier molecular flexibility index (Phi) is 14.3. The van der Waals surface area contributed by atoms with Gasteiger partial charge in [-0.25, -0.2) is 0 Å². The number of para-hydroxylation sites is 2. The molecule has 386 valence electrons. The van der Waals surface area contributed by atoms with Gasteiger partial charge in [-0.2, -0.15) is 0 Å². The van der Waals surface area contributed by atoms with Crippen LogP contribution in [0.1, 0.15) is 58.6 Å². The zero-order valence-corrected chi connectivity index (χ0v) is 43.8. The van der Waals surface area contributed by atoms with E-state index < -0.39 is 41.2 Å². The summed E-state index contributed by atoms with van der Waals surface area (Å²) in [4.78, 5) is 56.8. The van der Waals surface area contributed by atoms with E-state index in [0.717, 1.165) is 16.3 Å². The number of fused-ring (bicyclic) bond motifs is 2. The van der Waals surface area contributed by atoms with E-state index in [1.165, 1.54) is 24.3 Å². The van der Waals surface area contributed by atoms with Crippen molar-refractivity contribution in [1.82, 2.24) is 10.6 Å². The lowest BCUT2D eigenvalue weighted by atomic mass is 9.87. The van der Waals surface area contributed by atoms with Gasteiger partial charge < -0.3 is 31.5 Å². The lowest BCUT2D eigenvalue weighted by Gasteiger charge is -2.26. The van der Waals surface area contributed by atoms with Gasteiger partial charge in [-0.05, 0) is 130 Å². The van der Waals surface area contributed by atoms with Crippen LogP contribution in [0.15, 0.2) is 209 Å². The number of carbonyl (C=O) groups excluding carboxylic acids is 4. The Morgan fingerprint density at radius 1 is 0.443 bits per heavy atom. The van der Waals surface area contributed by atoms with E-state index >= 15 is 0 Å². The average molecular weight is 1120 g/mol. The van der Waals surface area contributed by atoms with Gasteiger partial charge in [0.15, 0.2) is 11.5 Å². The van der Waals surface area contributed by atoms with Crippen LogP contribution < -0.4 is 21.3 Å². The van der Waals surface area contributed by atoms with Crippen LogP contribution in [0.5, 0.6) is 11.5 Å². The molecule has 1 atom stereocenters. The molecular formula is C61H38Cl4N8O6. The lowest BCUT2D eigenvalue weighted by molar-refractivity contribution is 0.0942. The zero-order valence-electron chi connectivity index (χ0n) is 40.8. The molecule has 79 heavy (non-hydrogen) atoms. The molecule has 0 radical (unpaired) electrons. The number of benzene rings is 10. The van der Waals surface area contributed by atoms with Gasteiger partial charge in [-0.1, -0.05) is 131 Å². The van der Waals surface area contributed by atoms with Crippen molar-refractivity contribution in [3.05, 3.63) is 242 Å². The maximum atomic E-state index is 14.8. The van der Waals surface area contributed by atoms with E-state index in [1.807, 2.05) is 42.5 Å². The first kappa shape index (κ1) is 51.7. The molecular weight excluding hydrogens is 1080 g/mol. The lowest BCUT2D eigenvalue weighted by Crippen LogP contribution is -2.31. The van der Waals surface area contributed by atoms with Crippen molar-refractivity contribution in [2.75, 3.05) is 10.6 Å². The molecule has 0 spiro atoms. The summed E-state index contributed by atoms with van der Waals surface area (Å²) in [7, 11) is 0. The number of aromatic hydroxyl groups is 2. The molecule has 4 amide bonds. The van der Waals surface area contributed by atoms with Gasteiger partial charge in [0.1, 0.15) is 22.7 Å². The fourth-order valence-electron chi connectivity index (χ4n) is 9.20. The third-order valence-corrected chi connectivity index (χ3v) is 14.1. The Morgan fingerprint density at radius 2 is 0.937 bits per heavy atom. The fraction of sp³-hybridized carbons (Fsp3) is 0.0164. The second kappa shape index (κ2) is 21.9. The normalized spacial score (nSPS) is 13.0. The Labute approximate surface area is 469 Å². The van der Waals surface area contributed by atoms with Gasteiger partial charge in [-0.3, -0.25) is 19.2 Å². The Balaban J connectivity index is 0.956. The van der Waals surface area contributed by atoms with Gasteiger partial charge in [-0.15, -0.1) is 20.5 Å². The molecule has 1 aliphatic rings. The average Bonchev–Trinajstić information content (AvgIpc) is 3.62. The van der Waals surface area contributed by atoms with Crippen LogP contribution in [0, 0.1) is 0 Å². The molecule has 0 aliphatic heterocycles. The second-order valence-corrected chi connectivity index (χ2v) is 19.8. The summed E-state index contributed by atoms with van der Waals surface area (Å²) in [6, 6.07) is 49.6. The first-order valence-electron chi connectivity index (χ1n) is 24.2. The first-order chi connectivity index (χ1) is 38.3. The molecule has 1 unspecified atom stereocenters. The zero-order chi connectivity index (χ0) is 54.9. The molecule has 0 fully saturated rings. The van der Waals surface area contributed by atoms with Crippen LogP contribution in [0.4, 0.5) is 34.1 Å². The Hall–Kier alpha value is -9.44. The monoisotopic (exact) mass is 1120 g/mol. The number of hydrogen-bond acceptors (Lipinski definition) is 10. The van der Waals surface area contributed by atoms with Gasteiger partial charge in [0.05, 0.1) is 27.2 Å². The van der Waals surface area contributed by atoms with Crippen molar-refractivity contribution in [1.29, 1.82) is 0 Å². The Bertz CT molecular complexity index is 4270. The van der Waals surface area contributed by atoms with Crippen LogP contribution >= 0.6 is 46.4 Å². The molecule has 10 aromatic rings. The molecule has 6 N–H and O–H groups in total. The fourth-order valence-corrected chi connectivity index (χ4v) is 9.85. The SMILES string of the molecule is O=C(Nc1ccccc1)c1ccc2c(N=Nc3cc(Cl)ccc3Cl)c(O)c(C(=O)NC3=CC(NC(=O)c4ccc5c(N=Nc6cc(Cl)ccc6Cl)c(O)c(C(=O)Nc6ccccc6)cc5c4)c4cccc5cccc3c45)cc2c1. The summed E-state index contributed by atoms with van der Waals surface area (Å²) in [5.74, 6) is -3.33. The van der Waals surface area contributed by atoms with Crippen LogP contribution in [-0.4, -0.2) is 33.8 Å². The van der Waals surface area contributed by atoms with Crippen LogP contribution in [0.25, 0.3) is 38.0 Å². The number of phenols is 2. The van der Waals surface area contributed by atoms with Gasteiger partial charge >= 0.3 is 0 Å². The predicted molar refractivity (Wildman–Crippen MR) is 311 cm³/mol. The number of amides is 4. The highest BCUT2D eigenvalue weighted by atomic mass is 35.5. The second-order valence-electron chi connectivity index (χ2n) is 18.1. The quantitative estimate of drug-likeness (QED) is 0.0656. The van der Waals surface area contributed by atoms with Crippen molar-refractivity contribution < 1.29 is 29.4 Å². The minimum atomic E-state index is -0.835. The van der Waals surface area contributed by atoms with Crippen molar-refractivity contribution in [3.8, 4) is 11.5 Å². The maximum Gasteiger partial charge on any atom is 0.259 e. The van der Waals surface area contributed by atoms with Crippen molar-refractivity contribution in [3.63, 3.8) is 0 Å². The number of rotatable bonds is 12. The topological polar surface area (TPSA) is 206 Å². The minimum Gasteiger partial charge on any atom is -0.505 e. The number of phenolic OH excluding ortho intramolecular Hbond substituents is 2.